The van der Waals surface area contributed by atoms with Crippen molar-refractivity contribution in [2.24, 2.45) is 0 Å². The highest BCUT2D eigenvalue weighted by Crippen LogP contribution is 2.22. The van der Waals surface area contributed by atoms with Gasteiger partial charge in [-0.15, -0.1) is 0 Å². The maximum absolute atomic E-state index is 9.78. The van der Waals surface area contributed by atoms with Crippen molar-refractivity contribution in [2.45, 2.75) is 19.6 Å². The summed E-state index contributed by atoms with van der Waals surface area (Å²) < 4.78 is 0. The largest absolute Gasteiger partial charge is 0.389 e. The number of anilines is 1. The van der Waals surface area contributed by atoms with Crippen LogP contribution in [0.5, 0.6) is 0 Å². The average Bonchev–Trinajstić information content (AvgIpc) is 2.53. The van der Waals surface area contributed by atoms with Gasteiger partial charge in [-0.3, -0.25) is 4.98 Å². The number of hydrogen-bond donors (Lipinski definition) is 2. The monoisotopic (exact) mass is 279 g/mol. The van der Waals surface area contributed by atoms with E-state index in [0.717, 1.165) is 28.0 Å². The predicted molar refractivity (Wildman–Crippen MR) is 83.9 cm³/mol. The summed E-state index contributed by atoms with van der Waals surface area (Å²) >= 11 is 0. The maximum atomic E-state index is 9.78. The summed E-state index contributed by atoms with van der Waals surface area (Å²) in [5, 5.41) is 13.1. The van der Waals surface area contributed by atoms with Crippen LogP contribution >= 0.6 is 0 Å². The second-order valence-corrected chi connectivity index (χ2v) is 4.97. The minimum atomic E-state index is -0.503. The highest BCUT2D eigenvalue weighted by atomic mass is 16.3. The first kappa shape index (κ1) is 13.5. The molecule has 2 aromatic carbocycles. The Morgan fingerprint density at radius 1 is 1.05 bits per heavy atom. The van der Waals surface area contributed by atoms with Crippen LogP contribution < -0.4 is 5.32 Å². The van der Waals surface area contributed by atoms with Gasteiger partial charge in [-0.1, -0.05) is 30.3 Å². The first-order chi connectivity index (χ1) is 10.2. The molecule has 1 aromatic heterocycles. The van der Waals surface area contributed by atoms with Crippen LogP contribution in [0.2, 0.25) is 0 Å². The number of para-hydroxylation sites is 3. The SMILES string of the molecule is CC(O)c1ccccc1NCc1cnc2ccccc2n1. The Hall–Kier alpha value is -2.46. The fourth-order valence-corrected chi connectivity index (χ4v) is 2.29. The third-order valence-corrected chi connectivity index (χ3v) is 3.37. The minimum absolute atomic E-state index is 0.503. The van der Waals surface area contributed by atoms with E-state index in [-0.39, 0.29) is 0 Å². The van der Waals surface area contributed by atoms with Crippen molar-refractivity contribution >= 4 is 16.7 Å². The van der Waals surface area contributed by atoms with Gasteiger partial charge in [0.15, 0.2) is 0 Å². The molecule has 0 saturated carbocycles. The first-order valence-electron chi connectivity index (χ1n) is 6.95. The Balaban J connectivity index is 1.80. The van der Waals surface area contributed by atoms with E-state index in [9.17, 15) is 5.11 Å². The summed E-state index contributed by atoms with van der Waals surface area (Å²) in [6.45, 7) is 2.33. The van der Waals surface area contributed by atoms with Gasteiger partial charge in [0.2, 0.25) is 0 Å². The number of aliphatic hydroxyl groups excluding tert-OH is 1. The molecule has 0 saturated heterocycles. The quantitative estimate of drug-likeness (QED) is 0.769. The van der Waals surface area contributed by atoms with Crippen LogP contribution in [-0.2, 0) is 6.54 Å². The molecule has 0 spiro atoms. The Kier molecular flexibility index (Phi) is 3.79. The molecule has 106 valence electrons. The summed E-state index contributed by atoms with van der Waals surface area (Å²) in [6, 6.07) is 15.5. The van der Waals surface area contributed by atoms with Gasteiger partial charge in [0.25, 0.3) is 0 Å². The third-order valence-electron chi connectivity index (χ3n) is 3.37. The molecule has 0 fully saturated rings. The van der Waals surface area contributed by atoms with E-state index in [1.54, 1.807) is 13.1 Å². The Morgan fingerprint density at radius 2 is 1.76 bits per heavy atom. The minimum Gasteiger partial charge on any atom is -0.389 e. The summed E-state index contributed by atoms with van der Waals surface area (Å²) in [5.74, 6) is 0. The maximum Gasteiger partial charge on any atom is 0.0890 e. The van der Waals surface area contributed by atoms with Crippen LogP contribution in [0, 0.1) is 0 Å². The molecule has 0 aliphatic heterocycles. The van der Waals surface area contributed by atoms with Crippen LogP contribution in [0.15, 0.2) is 54.7 Å². The highest BCUT2D eigenvalue weighted by molar-refractivity contribution is 5.73. The lowest BCUT2D eigenvalue weighted by Crippen LogP contribution is -2.06. The molecular formula is C17H17N3O. The number of nitrogens with one attached hydrogen (secondary N) is 1. The molecule has 0 radical (unpaired) electrons. The zero-order valence-electron chi connectivity index (χ0n) is 11.8. The van der Waals surface area contributed by atoms with E-state index in [2.05, 4.69) is 15.3 Å². The van der Waals surface area contributed by atoms with Crippen molar-refractivity contribution < 1.29 is 5.11 Å². The smallest absolute Gasteiger partial charge is 0.0890 e. The number of aromatic nitrogens is 2. The Morgan fingerprint density at radius 3 is 2.57 bits per heavy atom. The van der Waals surface area contributed by atoms with E-state index in [1.165, 1.54) is 0 Å². The fourth-order valence-electron chi connectivity index (χ4n) is 2.29. The van der Waals surface area contributed by atoms with Crippen molar-refractivity contribution in [1.82, 2.24) is 9.97 Å². The van der Waals surface area contributed by atoms with Crippen molar-refractivity contribution in [3.8, 4) is 0 Å². The molecule has 4 heteroatoms. The zero-order valence-corrected chi connectivity index (χ0v) is 11.8. The molecular weight excluding hydrogens is 262 g/mol. The van der Waals surface area contributed by atoms with Gasteiger partial charge in [0.1, 0.15) is 0 Å². The van der Waals surface area contributed by atoms with Gasteiger partial charge in [-0.2, -0.15) is 0 Å². The van der Waals surface area contributed by atoms with E-state index in [1.807, 2.05) is 48.5 Å². The van der Waals surface area contributed by atoms with Crippen LogP contribution in [0.3, 0.4) is 0 Å². The predicted octanol–water partition coefficient (Wildman–Crippen LogP) is 3.30. The van der Waals surface area contributed by atoms with Gasteiger partial charge in [0, 0.05) is 11.3 Å². The van der Waals surface area contributed by atoms with Crippen molar-refractivity contribution in [3.05, 3.63) is 66.0 Å². The van der Waals surface area contributed by atoms with Gasteiger partial charge in [0.05, 0.1) is 35.6 Å². The first-order valence-corrected chi connectivity index (χ1v) is 6.95. The molecule has 3 rings (SSSR count). The van der Waals surface area contributed by atoms with Crippen molar-refractivity contribution in [1.29, 1.82) is 0 Å². The second-order valence-electron chi connectivity index (χ2n) is 4.97. The molecule has 4 nitrogen and oxygen atoms in total. The average molecular weight is 279 g/mol. The van der Waals surface area contributed by atoms with Crippen molar-refractivity contribution in [2.75, 3.05) is 5.32 Å². The highest BCUT2D eigenvalue weighted by Gasteiger charge is 2.07. The van der Waals surface area contributed by atoms with Crippen LogP contribution in [0.4, 0.5) is 5.69 Å². The lowest BCUT2D eigenvalue weighted by Gasteiger charge is -2.13. The summed E-state index contributed by atoms with van der Waals surface area (Å²) in [4.78, 5) is 8.98. The molecule has 0 aliphatic rings. The standard InChI is InChI=1S/C17H17N3O/c1-12(21)14-6-2-3-7-15(14)18-10-13-11-19-16-8-4-5-9-17(16)20-13/h2-9,11-12,18,21H,10H2,1H3. The topological polar surface area (TPSA) is 58.0 Å². The Bertz CT molecular complexity index is 756. The molecule has 0 amide bonds. The molecule has 2 N–H and O–H groups in total. The third kappa shape index (κ3) is 3.01. The molecule has 0 aliphatic carbocycles. The molecule has 3 aromatic rings. The summed E-state index contributed by atoms with van der Waals surface area (Å²) in [6.07, 6.45) is 1.27. The molecule has 1 atom stereocenters. The van der Waals surface area contributed by atoms with Crippen LogP contribution in [0.1, 0.15) is 24.3 Å². The summed E-state index contributed by atoms with van der Waals surface area (Å²) in [7, 11) is 0. The van der Waals surface area contributed by atoms with Crippen LogP contribution in [-0.4, -0.2) is 15.1 Å². The van der Waals surface area contributed by atoms with E-state index in [0.29, 0.717) is 6.54 Å². The van der Waals surface area contributed by atoms with Gasteiger partial charge < -0.3 is 10.4 Å². The zero-order chi connectivity index (χ0) is 14.7. The number of benzene rings is 2. The van der Waals surface area contributed by atoms with Crippen molar-refractivity contribution in [3.63, 3.8) is 0 Å². The van der Waals surface area contributed by atoms with Gasteiger partial charge >= 0.3 is 0 Å². The molecule has 0 bridgehead atoms. The number of hydrogen-bond acceptors (Lipinski definition) is 4. The second kappa shape index (κ2) is 5.89. The molecule has 1 unspecified atom stereocenters. The molecule has 21 heavy (non-hydrogen) atoms. The number of fused-ring (bicyclic) bond motifs is 1. The van der Waals surface area contributed by atoms with E-state index >= 15 is 0 Å². The van der Waals surface area contributed by atoms with Gasteiger partial charge in [-0.05, 0) is 25.1 Å². The summed E-state index contributed by atoms with van der Waals surface area (Å²) in [5.41, 5.74) is 4.45. The lowest BCUT2D eigenvalue weighted by molar-refractivity contribution is 0.200. The van der Waals surface area contributed by atoms with E-state index in [4.69, 9.17) is 0 Å². The Labute approximate surface area is 123 Å². The lowest BCUT2D eigenvalue weighted by atomic mass is 10.1. The molecule has 1 heterocycles. The van der Waals surface area contributed by atoms with Crippen LogP contribution in [0.25, 0.3) is 11.0 Å². The normalized spacial score (nSPS) is 12.3. The van der Waals surface area contributed by atoms with Gasteiger partial charge in [-0.25, -0.2) is 4.98 Å². The fraction of sp³-hybridized carbons (Fsp3) is 0.176. The number of aliphatic hydroxyl groups is 1. The number of nitrogens with zero attached hydrogens (tertiary/aromatic N) is 2. The van der Waals surface area contributed by atoms with E-state index < -0.39 is 6.10 Å². The number of rotatable bonds is 4.